The molecule has 2 atom stereocenters. The minimum Gasteiger partial charge on any atom is -0.507 e. The van der Waals surface area contributed by atoms with Crippen LogP contribution in [0.25, 0.3) is 0 Å². The van der Waals surface area contributed by atoms with E-state index in [4.69, 9.17) is 14.5 Å². The van der Waals surface area contributed by atoms with E-state index in [9.17, 15) is 30.6 Å². The number of benzene rings is 4. The predicted molar refractivity (Wildman–Crippen MR) is 238 cm³/mol. The monoisotopic (exact) mass is 819 g/mol. The molecule has 0 aliphatic carbocycles. The van der Waals surface area contributed by atoms with E-state index in [-0.39, 0.29) is 35.0 Å². The lowest BCUT2D eigenvalue weighted by Crippen LogP contribution is -2.18. The second-order valence-electron chi connectivity index (χ2n) is 20.0. The molecule has 2 unspecified atom stereocenters. The molecule has 0 aliphatic heterocycles. The Labute approximate surface area is 356 Å². The maximum absolute atomic E-state index is 12.3. The fraction of sp³-hybridized carbons (Fsp3) is 0.431. The van der Waals surface area contributed by atoms with Gasteiger partial charge in [-0.1, -0.05) is 95.2 Å². The van der Waals surface area contributed by atoms with Gasteiger partial charge in [0.2, 0.25) is 0 Å². The second kappa shape index (κ2) is 16.7. The van der Waals surface area contributed by atoms with Gasteiger partial charge in [0.05, 0.1) is 50.7 Å². The van der Waals surface area contributed by atoms with Gasteiger partial charge in [-0.15, -0.1) is 0 Å². The third-order valence-electron chi connectivity index (χ3n) is 11.4. The Kier molecular flexibility index (Phi) is 12.7. The number of hydrogen-bond donors (Lipinski definition) is 6. The number of nitrogens with zero attached hydrogens (tertiary/aromatic N) is 1. The zero-order valence-corrected chi connectivity index (χ0v) is 37.9. The number of ether oxygens (including phenoxy) is 2. The molecule has 5 aromatic rings. The van der Waals surface area contributed by atoms with Crippen molar-refractivity contribution in [2.24, 2.45) is 0 Å². The highest BCUT2D eigenvalue weighted by atomic mass is 16.5. The molecule has 0 saturated heterocycles. The van der Waals surface area contributed by atoms with Crippen LogP contribution in [0.5, 0.6) is 34.5 Å². The van der Waals surface area contributed by atoms with Crippen LogP contribution >= 0.6 is 0 Å². The largest absolute Gasteiger partial charge is 0.507 e. The molecule has 1 aromatic heterocycles. The van der Waals surface area contributed by atoms with Crippen LogP contribution in [-0.2, 0) is 34.9 Å². The van der Waals surface area contributed by atoms with E-state index in [1.807, 2.05) is 98.7 Å². The summed E-state index contributed by atoms with van der Waals surface area (Å²) < 4.78 is 11.6. The molecular formula is C51H65NO8. The Balaban J connectivity index is 1.99. The molecule has 0 amide bonds. The number of hydrogen-bond acceptors (Lipinski definition) is 9. The van der Waals surface area contributed by atoms with Crippen molar-refractivity contribution in [1.29, 1.82) is 0 Å². The summed E-state index contributed by atoms with van der Waals surface area (Å²) in [4.78, 5) is 5.38. The van der Waals surface area contributed by atoms with E-state index in [0.29, 0.717) is 73.0 Å². The fourth-order valence-electron chi connectivity index (χ4n) is 7.94. The van der Waals surface area contributed by atoms with Crippen molar-refractivity contribution in [3.63, 3.8) is 0 Å². The van der Waals surface area contributed by atoms with Crippen LogP contribution in [0.2, 0.25) is 0 Å². The van der Waals surface area contributed by atoms with Crippen LogP contribution in [0.4, 0.5) is 0 Å². The Morgan fingerprint density at radius 3 is 1.25 bits per heavy atom. The molecule has 9 nitrogen and oxygen atoms in total. The first-order valence-electron chi connectivity index (χ1n) is 20.5. The molecule has 0 saturated carbocycles. The summed E-state index contributed by atoms with van der Waals surface area (Å²) in [6.45, 7) is 23.4. The summed E-state index contributed by atoms with van der Waals surface area (Å²) in [7, 11) is 3.13. The molecule has 60 heavy (non-hydrogen) atoms. The smallest absolute Gasteiger partial charge is 0.125 e. The van der Waals surface area contributed by atoms with Crippen molar-refractivity contribution in [2.45, 2.75) is 130 Å². The van der Waals surface area contributed by atoms with Gasteiger partial charge >= 0.3 is 0 Å². The fourth-order valence-corrected chi connectivity index (χ4v) is 7.94. The lowest BCUT2D eigenvalue weighted by atomic mass is 9.76. The Morgan fingerprint density at radius 1 is 0.483 bits per heavy atom. The molecular weight excluding hydrogens is 755 g/mol. The third kappa shape index (κ3) is 9.08. The Morgan fingerprint density at radius 2 is 0.883 bits per heavy atom. The third-order valence-corrected chi connectivity index (χ3v) is 11.4. The summed E-state index contributed by atoms with van der Waals surface area (Å²) in [5.41, 5.74) is 4.19. The number of aromatic nitrogens is 1. The van der Waals surface area contributed by atoms with E-state index in [2.05, 4.69) is 20.8 Å². The minimum atomic E-state index is -0.916. The molecule has 1 heterocycles. The molecule has 0 radical (unpaired) electrons. The van der Waals surface area contributed by atoms with Crippen molar-refractivity contribution in [1.82, 2.24) is 4.98 Å². The molecule has 4 aromatic carbocycles. The SMILES string of the molecule is COc1cc(C(c2cccc(C(c3cc(CO)cc(C(C)(C)C)c3O)c3cc(OC)cc(C(C)(C)C)c3O)n2)c2cc(C(C)(C)C)cc(CO)c2O)c(O)c(C(C)(C)C)c1. The standard InChI is InChI=1S/C51H65NO8/c1-48(2,3)30-20-29(27-54)44(55)34(21-30)43(36-23-32(60-14)25-39(47(36)58)51(10,11)12)41-17-15-16-40(52-41)42(33-18-28(26-53)19-37(45(33)56)49(4,5)6)35-22-31(59-13)24-38(46(35)57)50(7,8)9/h15-25,42-43,53-58H,26-27H2,1-14H3. The molecule has 5 rings (SSSR count). The van der Waals surface area contributed by atoms with Crippen LogP contribution < -0.4 is 9.47 Å². The summed E-state index contributed by atoms with van der Waals surface area (Å²) in [5.74, 6) is -0.965. The number of phenols is 4. The van der Waals surface area contributed by atoms with Crippen molar-refractivity contribution in [2.75, 3.05) is 14.2 Å². The number of aromatic hydroxyl groups is 4. The van der Waals surface area contributed by atoms with E-state index in [0.717, 1.165) is 5.56 Å². The summed E-state index contributed by atoms with van der Waals surface area (Å²) >= 11 is 0. The number of pyridine rings is 1. The second-order valence-corrected chi connectivity index (χ2v) is 20.0. The number of rotatable bonds is 10. The van der Waals surface area contributed by atoms with E-state index in [1.54, 1.807) is 44.6 Å². The molecule has 0 spiro atoms. The average molecular weight is 820 g/mol. The van der Waals surface area contributed by atoms with Gasteiger partial charge < -0.3 is 40.1 Å². The first kappa shape index (κ1) is 45.8. The molecule has 6 N–H and O–H groups in total. The Bertz CT molecular complexity index is 2180. The van der Waals surface area contributed by atoms with Crippen molar-refractivity contribution < 1.29 is 40.1 Å². The first-order chi connectivity index (χ1) is 27.8. The van der Waals surface area contributed by atoms with Crippen LogP contribution in [0.3, 0.4) is 0 Å². The first-order valence-corrected chi connectivity index (χ1v) is 20.5. The van der Waals surface area contributed by atoms with Crippen molar-refractivity contribution in [3.8, 4) is 34.5 Å². The zero-order chi connectivity index (χ0) is 44.9. The maximum atomic E-state index is 12.3. The summed E-state index contributed by atoms with van der Waals surface area (Å²) in [6, 6.07) is 19.8. The lowest BCUT2D eigenvalue weighted by Gasteiger charge is -2.30. The summed E-state index contributed by atoms with van der Waals surface area (Å²) in [6.07, 6.45) is 0. The van der Waals surface area contributed by atoms with E-state index in [1.165, 1.54) is 0 Å². The molecule has 322 valence electrons. The van der Waals surface area contributed by atoms with Gasteiger partial charge in [-0.05, 0) is 92.9 Å². The van der Waals surface area contributed by atoms with E-state index >= 15 is 0 Å². The number of methoxy groups -OCH3 is 2. The van der Waals surface area contributed by atoms with Crippen LogP contribution in [-0.4, -0.2) is 49.8 Å². The summed E-state index contributed by atoms with van der Waals surface area (Å²) in [5, 5.41) is 70.1. The Hall–Kier alpha value is -5.25. The molecule has 9 heteroatoms. The number of aliphatic hydroxyl groups is 2. The zero-order valence-electron chi connectivity index (χ0n) is 37.9. The highest BCUT2D eigenvalue weighted by molar-refractivity contribution is 5.62. The van der Waals surface area contributed by atoms with Gasteiger partial charge in [-0.25, -0.2) is 0 Å². The van der Waals surface area contributed by atoms with Gasteiger partial charge in [0.15, 0.2) is 0 Å². The van der Waals surface area contributed by atoms with E-state index < -0.39 is 34.7 Å². The van der Waals surface area contributed by atoms with Crippen molar-refractivity contribution >= 4 is 0 Å². The number of phenolic OH excluding ortho intramolecular Hbond substituents is 3. The quantitative estimate of drug-likeness (QED) is 0.0808. The van der Waals surface area contributed by atoms with Gasteiger partial charge in [0.1, 0.15) is 34.5 Å². The maximum Gasteiger partial charge on any atom is 0.125 e. The molecule has 0 aliphatic rings. The molecule has 0 fully saturated rings. The molecule has 0 bridgehead atoms. The van der Waals surface area contributed by atoms with Crippen LogP contribution in [0.1, 0.15) is 162 Å². The topological polar surface area (TPSA) is 153 Å². The van der Waals surface area contributed by atoms with Gasteiger partial charge in [0.25, 0.3) is 0 Å². The average Bonchev–Trinajstić information content (AvgIpc) is 3.15. The normalized spacial score (nSPS) is 13.6. The highest BCUT2D eigenvalue weighted by Crippen LogP contribution is 2.50. The number of aliphatic hydroxyl groups excluding tert-OH is 2. The minimum absolute atomic E-state index is 0.00338. The van der Waals surface area contributed by atoms with Crippen LogP contribution in [0, 0.1) is 0 Å². The van der Waals surface area contributed by atoms with Crippen LogP contribution in [0.15, 0.2) is 66.7 Å². The van der Waals surface area contributed by atoms with Crippen molar-refractivity contribution in [3.05, 3.63) is 134 Å². The van der Waals surface area contributed by atoms with Gasteiger partial charge in [0, 0.05) is 38.9 Å². The highest BCUT2D eigenvalue weighted by Gasteiger charge is 2.35. The predicted octanol–water partition coefficient (Wildman–Crippen LogP) is 10.5. The van der Waals surface area contributed by atoms with Gasteiger partial charge in [-0.2, -0.15) is 0 Å². The lowest BCUT2D eigenvalue weighted by molar-refractivity contribution is 0.274. The van der Waals surface area contributed by atoms with Gasteiger partial charge in [-0.3, -0.25) is 4.98 Å².